The monoisotopic (exact) mass is 357 g/mol. The van der Waals surface area contributed by atoms with Gasteiger partial charge in [-0.15, -0.1) is 10.2 Å². The minimum absolute atomic E-state index is 0.0808. The third kappa shape index (κ3) is 3.13. The standard InChI is InChI=1S/C12H12BrN3O3S/c1-2-16-11(8-5-7(13)3-4-9(8)17)14-15-12(16)20-6-10(18)19/h3-5,17H,2,6H2,1H3,(H,18,19). The van der Waals surface area contributed by atoms with E-state index in [-0.39, 0.29) is 11.5 Å². The first-order chi connectivity index (χ1) is 9.52. The zero-order valence-corrected chi connectivity index (χ0v) is 13.0. The van der Waals surface area contributed by atoms with Crippen LogP contribution in [0.15, 0.2) is 27.8 Å². The van der Waals surface area contributed by atoms with E-state index in [1.807, 2.05) is 6.92 Å². The number of thioether (sulfide) groups is 1. The van der Waals surface area contributed by atoms with Crippen LogP contribution in [0.5, 0.6) is 5.75 Å². The number of carboxylic acid groups (broad SMARTS) is 1. The molecular formula is C12H12BrN3O3S. The van der Waals surface area contributed by atoms with Crippen molar-refractivity contribution in [1.29, 1.82) is 0 Å². The molecule has 6 nitrogen and oxygen atoms in total. The SMILES string of the molecule is CCn1c(SCC(=O)O)nnc1-c1cc(Br)ccc1O. The summed E-state index contributed by atoms with van der Waals surface area (Å²) in [7, 11) is 0. The van der Waals surface area contributed by atoms with E-state index in [2.05, 4.69) is 26.1 Å². The predicted molar refractivity (Wildman–Crippen MR) is 78.9 cm³/mol. The van der Waals surface area contributed by atoms with Gasteiger partial charge in [0, 0.05) is 11.0 Å². The minimum atomic E-state index is -0.910. The lowest BCUT2D eigenvalue weighted by atomic mass is 10.2. The summed E-state index contributed by atoms with van der Waals surface area (Å²) in [4.78, 5) is 10.6. The van der Waals surface area contributed by atoms with E-state index in [0.717, 1.165) is 16.2 Å². The van der Waals surface area contributed by atoms with Crippen molar-refractivity contribution in [3.05, 3.63) is 22.7 Å². The topological polar surface area (TPSA) is 88.2 Å². The first kappa shape index (κ1) is 14.9. The van der Waals surface area contributed by atoms with E-state index in [1.54, 1.807) is 22.8 Å². The number of halogens is 1. The zero-order chi connectivity index (χ0) is 14.7. The molecule has 0 fully saturated rings. The fraction of sp³-hybridized carbons (Fsp3) is 0.250. The number of carboxylic acids is 1. The maximum Gasteiger partial charge on any atom is 0.313 e. The van der Waals surface area contributed by atoms with E-state index >= 15 is 0 Å². The van der Waals surface area contributed by atoms with Gasteiger partial charge in [0.15, 0.2) is 11.0 Å². The van der Waals surface area contributed by atoms with Crippen LogP contribution in [-0.2, 0) is 11.3 Å². The molecule has 1 aromatic carbocycles. The van der Waals surface area contributed by atoms with Gasteiger partial charge in [0.05, 0.1) is 11.3 Å². The fourth-order valence-electron chi connectivity index (χ4n) is 1.69. The third-order valence-corrected chi connectivity index (χ3v) is 4.00. The Kier molecular flexibility index (Phi) is 4.66. The second-order valence-electron chi connectivity index (χ2n) is 3.89. The van der Waals surface area contributed by atoms with Crippen LogP contribution in [0.3, 0.4) is 0 Å². The molecule has 0 aliphatic heterocycles. The summed E-state index contributed by atoms with van der Waals surface area (Å²) in [6.45, 7) is 2.49. The molecule has 1 heterocycles. The quantitative estimate of drug-likeness (QED) is 0.799. The molecule has 0 saturated heterocycles. The smallest absolute Gasteiger partial charge is 0.313 e. The lowest BCUT2D eigenvalue weighted by molar-refractivity contribution is -0.133. The average Bonchev–Trinajstić information content (AvgIpc) is 2.81. The number of aromatic nitrogens is 3. The summed E-state index contributed by atoms with van der Waals surface area (Å²) in [5.41, 5.74) is 0.552. The molecule has 2 rings (SSSR count). The van der Waals surface area contributed by atoms with Gasteiger partial charge in [0.2, 0.25) is 0 Å². The Hall–Kier alpha value is -1.54. The van der Waals surface area contributed by atoms with Crippen molar-refractivity contribution in [3.63, 3.8) is 0 Å². The lowest BCUT2D eigenvalue weighted by Gasteiger charge is -2.08. The summed E-state index contributed by atoms with van der Waals surface area (Å²) >= 11 is 4.45. The lowest BCUT2D eigenvalue weighted by Crippen LogP contribution is -2.03. The van der Waals surface area contributed by atoms with Crippen molar-refractivity contribution in [1.82, 2.24) is 14.8 Å². The molecule has 0 unspecified atom stereocenters. The molecule has 8 heteroatoms. The Bertz CT molecular complexity index is 645. The summed E-state index contributed by atoms with van der Waals surface area (Å²) < 4.78 is 2.59. The number of phenolic OH excluding ortho intramolecular Hbond substituents is 1. The second-order valence-corrected chi connectivity index (χ2v) is 5.75. The maximum absolute atomic E-state index is 10.6. The molecule has 2 N–H and O–H groups in total. The van der Waals surface area contributed by atoms with E-state index in [1.165, 1.54) is 0 Å². The summed E-state index contributed by atoms with van der Waals surface area (Å²) in [6, 6.07) is 5.04. The number of hydrogen-bond acceptors (Lipinski definition) is 5. The van der Waals surface area contributed by atoms with Crippen molar-refractivity contribution in [2.24, 2.45) is 0 Å². The highest BCUT2D eigenvalue weighted by molar-refractivity contribution is 9.10. The van der Waals surface area contributed by atoms with Crippen molar-refractivity contribution in [2.45, 2.75) is 18.6 Å². The van der Waals surface area contributed by atoms with Crippen molar-refractivity contribution < 1.29 is 15.0 Å². The fourth-order valence-corrected chi connectivity index (χ4v) is 2.78. The van der Waals surface area contributed by atoms with Crippen LogP contribution >= 0.6 is 27.7 Å². The van der Waals surface area contributed by atoms with Crippen LogP contribution in [0.2, 0.25) is 0 Å². The molecule has 0 amide bonds. The van der Waals surface area contributed by atoms with E-state index in [4.69, 9.17) is 5.11 Å². The van der Waals surface area contributed by atoms with Crippen molar-refractivity contribution in [2.75, 3.05) is 5.75 Å². The first-order valence-electron chi connectivity index (χ1n) is 5.79. The predicted octanol–water partition coefficient (Wildman–Crippen LogP) is 2.61. The summed E-state index contributed by atoms with van der Waals surface area (Å²) in [6.07, 6.45) is 0. The number of carbonyl (C=O) groups is 1. The highest BCUT2D eigenvalue weighted by Crippen LogP contribution is 2.32. The van der Waals surface area contributed by atoms with Gasteiger partial charge < -0.3 is 14.8 Å². The number of phenols is 1. The number of rotatable bonds is 5. The molecule has 0 saturated carbocycles. The molecule has 106 valence electrons. The third-order valence-electron chi connectivity index (χ3n) is 2.56. The van der Waals surface area contributed by atoms with Crippen LogP contribution in [0.4, 0.5) is 0 Å². The largest absolute Gasteiger partial charge is 0.507 e. The Balaban J connectivity index is 2.42. The zero-order valence-electron chi connectivity index (χ0n) is 10.6. The highest BCUT2D eigenvalue weighted by Gasteiger charge is 2.17. The number of aromatic hydroxyl groups is 1. The average molecular weight is 358 g/mol. The van der Waals surface area contributed by atoms with Gasteiger partial charge in [-0.25, -0.2) is 0 Å². The van der Waals surface area contributed by atoms with E-state index < -0.39 is 5.97 Å². The van der Waals surface area contributed by atoms with Gasteiger partial charge in [-0.2, -0.15) is 0 Å². The first-order valence-corrected chi connectivity index (χ1v) is 7.57. The Morgan fingerprint density at radius 1 is 1.45 bits per heavy atom. The molecular weight excluding hydrogens is 346 g/mol. The molecule has 1 aromatic heterocycles. The minimum Gasteiger partial charge on any atom is -0.507 e. The molecule has 0 spiro atoms. The van der Waals surface area contributed by atoms with Crippen LogP contribution in [0.1, 0.15) is 6.92 Å². The summed E-state index contributed by atoms with van der Waals surface area (Å²) in [5.74, 6) is -0.375. The van der Waals surface area contributed by atoms with Crippen LogP contribution in [-0.4, -0.2) is 36.7 Å². The number of nitrogens with zero attached hydrogens (tertiary/aromatic N) is 3. The molecule has 2 aromatic rings. The second kappa shape index (κ2) is 6.27. The Labute approximate surface area is 128 Å². The maximum atomic E-state index is 10.6. The number of aliphatic carboxylic acids is 1. The number of benzene rings is 1. The normalized spacial score (nSPS) is 10.7. The molecule has 0 aliphatic carbocycles. The number of hydrogen-bond donors (Lipinski definition) is 2. The van der Waals surface area contributed by atoms with Gasteiger partial charge >= 0.3 is 5.97 Å². The van der Waals surface area contributed by atoms with Gasteiger partial charge in [-0.1, -0.05) is 27.7 Å². The van der Waals surface area contributed by atoms with E-state index in [0.29, 0.717) is 23.1 Å². The Morgan fingerprint density at radius 2 is 2.20 bits per heavy atom. The molecule has 0 aliphatic rings. The Morgan fingerprint density at radius 3 is 2.85 bits per heavy atom. The molecule has 20 heavy (non-hydrogen) atoms. The van der Waals surface area contributed by atoms with Gasteiger partial charge in [-0.05, 0) is 25.1 Å². The van der Waals surface area contributed by atoms with Gasteiger partial charge in [-0.3, -0.25) is 4.79 Å². The van der Waals surface area contributed by atoms with Crippen LogP contribution in [0, 0.1) is 0 Å². The summed E-state index contributed by atoms with van der Waals surface area (Å²) in [5, 5.41) is 27.2. The van der Waals surface area contributed by atoms with E-state index in [9.17, 15) is 9.90 Å². The van der Waals surface area contributed by atoms with Crippen molar-refractivity contribution >= 4 is 33.7 Å². The van der Waals surface area contributed by atoms with Crippen molar-refractivity contribution in [3.8, 4) is 17.1 Å². The van der Waals surface area contributed by atoms with Crippen LogP contribution < -0.4 is 0 Å². The van der Waals surface area contributed by atoms with Crippen LogP contribution in [0.25, 0.3) is 11.4 Å². The molecule has 0 radical (unpaired) electrons. The molecule has 0 atom stereocenters. The highest BCUT2D eigenvalue weighted by atomic mass is 79.9. The molecule has 0 bridgehead atoms. The van der Waals surface area contributed by atoms with Gasteiger partial charge in [0.25, 0.3) is 0 Å². The van der Waals surface area contributed by atoms with Gasteiger partial charge in [0.1, 0.15) is 5.75 Å².